The quantitative estimate of drug-likeness (QED) is 0.278. The molecule has 0 aliphatic rings. The van der Waals surface area contributed by atoms with Gasteiger partial charge in [-0.25, -0.2) is 0 Å². The molecule has 0 aliphatic heterocycles. The largest absolute Gasteiger partial charge is 0.460 e. The van der Waals surface area contributed by atoms with E-state index in [0.29, 0.717) is 12.0 Å². The molecule has 2 aromatic carbocycles. The first-order valence-corrected chi connectivity index (χ1v) is 11.7. The molecule has 1 amide bonds. The van der Waals surface area contributed by atoms with Crippen LogP contribution in [0.5, 0.6) is 0 Å². The fourth-order valence-corrected chi connectivity index (χ4v) is 3.70. The Balaban J connectivity index is 1.58. The Kier molecular flexibility index (Phi) is 8.47. The summed E-state index contributed by atoms with van der Waals surface area (Å²) < 4.78 is 7.45. The molecule has 1 N–H and O–H groups in total. The fourth-order valence-electron chi connectivity index (χ4n) is 3.70. The Morgan fingerprint density at radius 3 is 2.15 bits per heavy atom. The average molecular weight is 447 g/mol. The number of carbonyl (C=O) groups is 2. The predicted octanol–water partition coefficient (Wildman–Crippen LogP) is 6.70. The summed E-state index contributed by atoms with van der Waals surface area (Å²) in [5.74, 6) is -0.245. The van der Waals surface area contributed by atoms with Crippen molar-refractivity contribution in [2.45, 2.75) is 65.0 Å². The number of ether oxygens (including phenoxy) is 1. The zero-order valence-electron chi connectivity index (χ0n) is 19.8. The molecule has 33 heavy (non-hydrogen) atoms. The van der Waals surface area contributed by atoms with E-state index in [1.54, 1.807) is 0 Å². The molecule has 5 nitrogen and oxygen atoms in total. The van der Waals surface area contributed by atoms with Crippen LogP contribution in [0.3, 0.4) is 0 Å². The molecule has 0 spiro atoms. The Morgan fingerprint density at radius 2 is 1.48 bits per heavy atom. The third-order valence-electron chi connectivity index (χ3n) is 5.21. The number of anilines is 1. The topological polar surface area (TPSA) is 60.3 Å². The second-order valence-corrected chi connectivity index (χ2v) is 9.26. The van der Waals surface area contributed by atoms with Crippen LogP contribution in [0.4, 0.5) is 5.69 Å². The summed E-state index contributed by atoms with van der Waals surface area (Å²) in [6.07, 6.45) is 8.26. The zero-order chi connectivity index (χ0) is 23.7. The maximum Gasteiger partial charge on any atom is 0.306 e. The Bertz CT molecular complexity index is 1030. The number of aryl methyl sites for hydroxylation is 1. The SMILES string of the molecule is CC(C)(C)OC(=O)CCCCCCn1cc(C(=O)Nc2ccccc2)c(-c2ccccc2)c1. The van der Waals surface area contributed by atoms with E-state index in [9.17, 15) is 9.59 Å². The van der Waals surface area contributed by atoms with Gasteiger partial charge in [0.1, 0.15) is 5.60 Å². The molecular formula is C28H34N2O3. The number of rotatable bonds is 10. The van der Waals surface area contributed by atoms with Crippen molar-refractivity contribution in [3.8, 4) is 11.1 Å². The number of esters is 1. The monoisotopic (exact) mass is 446 g/mol. The number of nitrogens with one attached hydrogen (secondary N) is 1. The smallest absolute Gasteiger partial charge is 0.306 e. The van der Waals surface area contributed by atoms with Gasteiger partial charge in [-0.2, -0.15) is 0 Å². The molecule has 174 valence electrons. The molecule has 0 unspecified atom stereocenters. The van der Waals surface area contributed by atoms with E-state index < -0.39 is 5.60 Å². The zero-order valence-corrected chi connectivity index (χ0v) is 19.8. The molecule has 1 heterocycles. The van der Waals surface area contributed by atoms with E-state index in [1.807, 2.05) is 87.6 Å². The minimum absolute atomic E-state index is 0.115. The highest BCUT2D eigenvalue weighted by molar-refractivity contribution is 6.08. The highest BCUT2D eigenvalue weighted by atomic mass is 16.6. The number of para-hydroxylation sites is 1. The number of benzene rings is 2. The van der Waals surface area contributed by atoms with E-state index >= 15 is 0 Å². The summed E-state index contributed by atoms with van der Waals surface area (Å²) in [6, 6.07) is 19.5. The van der Waals surface area contributed by atoms with Crippen LogP contribution in [0.15, 0.2) is 73.1 Å². The van der Waals surface area contributed by atoms with Gasteiger partial charge in [0.2, 0.25) is 0 Å². The minimum Gasteiger partial charge on any atom is -0.460 e. The van der Waals surface area contributed by atoms with Crippen LogP contribution in [0.2, 0.25) is 0 Å². The van der Waals surface area contributed by atoms with Crippen LogP contribution in [0.1, 0.15) is 63.2 Å². The van der Waals surface area contributed by atoms with Crippen LogP contribution in [0.25, 0.3) is 11.1 Å². The number of nitrogens with zero attached hydrogens (tertiary/aromatic N) is 1. The molecule has 5 heteroatoms. The van der Waals surface area contributed by atoms with E-state index in [-0.39, 0.29) is 11.9 Å². The van der Waals surface area contributed by atoms with E-state index in [4.69, 9.17) is 4.74 Å². The van der Waals surface area contributed by atoms with Crippen LogP contribution >= 0.6 is 0 Å². The Morgan fingerprint density at radius 1 is 0.848 bits per heavy atom. The number of amides is 1. The lowest BCUT2D eigenvalue weighted by Crippen LogP contribution is -2.23. The predicted molar refractivity (Wildman–Crippen MR) is 133 cm³/mol. The molecule has 3 rings (SSSR count). The van der Waals surface area contributed by atoms with Gasteiger partial charge in [0.05, 0.1) is 5.56 Å². The first kappa shape index (κ1) is 24.3. The van der Waals surface area contributed by atoms with Crippen LogP contribution < -0.4 is 5.32 Å². The molecule has 3 aromatic rings. The Hall–Kier alpha value is -3.34. The summed E-state index contributed by atoms with van der Waals surface area (Å²) in [4.78, 5) is 24.8. The number of carbonyl (C=O) groups excluding carboxylic acids is 2. The maximum absolute atomic E-state index is 13.0. The van der Waals surface area contributed by atoms with Crippen molar-refractivity contribution in [1.82, 2.24) is 4.57 Å². The summed E-state index contributed by atoms with van der Waals surface area (Å²) in [7, 11) is 0. The van der Waals surface area contributed by atoms with Crippen molar-refractivity contribution in [2.75, 3.05) is 5.32 Å². The van der Waals surface area contributed by atoms with Crippen LogP contribution in [0, 0.1) is 0 Å². The summed E-state index contributed by atoms with van der Waals surface area (Å²) in [6.45, 7) is 6.49. The first-order chi connectivity index (χ1) is 15.8. The van der Waals surface area contributed by atoms with Gasteiger partial charge >= 0.3 is 5.97 Å². The summed E-state index contributed by atoms with van der Waals surface area (Å²) >= 11 is 0. The third kappa shape index (κ3) is 7.94. The number of unbranched alkanes of at least 4 members (excludes halogenated alkanes) is 3. The molecular weight excluding hydrogens is 412 g/mol. The van der Waals surface area contributed by atoms with Gasteiger partial charge in [0, 0.05) is 36.6 Å². The van der Waals surface area contributed by atoms with Crippen LogP contribution in [-0.4, -0.2) is 22.0 Å². The van der Waals surface area contributed by atoms with Crippen molar-refractivity contribution >= 4 is 17.6 Å². The molecule has 0 fully saturated rings. The van der Waals surface area contributed by atoms with Gasteiger partial charge in [-0.15, -0.1) is 0 Å². The van der Waals surface area contributed by atoms with Gasteiger partial charge < -0.3 is 14.6 Å². The van der Waals surface area contributed by atoms with Crippen molar-refractivity contribution in [3.63, 3.8) is 0 Å². The van der Waals surface area contributed by atoms with Gasteiger partial charge in [0.25, 0.3) is 5.91 Å². The second kappa shape index (κ2) is 11.5. The summed E-state index contributed by atoms with van der Waals surface area (Å²) in [5, 5.41) is 3.00. The lowest BCUT2D eigenvalue weighted by atomic mass is 10.0. The van der Waals surface area contributed by atoms with E-state index in [1.165, 1.54) is 0 Å². The van der Waals surface area contributed by atoms with Gasteiger partial charge in [-0.05, 0) is 51.3 Å². The molecule has 0 atom stereocenters. The number of hydrogen-bond acceptors (Lipinski definition) is 3. The Labute approximate surface area is 196 Å². The normalized spacial score (nSPS) is 11.2. The second-order valence-electron chi connectivity index (χ2n) is 9.26. The molecule has 0 aliphatic carbocycles. The van der Waals surface area contributed by atoms with Crippen molar-refractivity contribution in [2.24, 2.45) is 0 Å². The first-order valence-electron chi connectivity index (χ1n) is 11.7. The summed E-state index contributed by atoms with van der Waals surface area (Å²) in [5.41, 5.74) is 2.96. The molecule has 0 saturated heterocycles. The number of hydrogen-bond donors (Lipinski definition) is 1. The van der Waals surface area contributed by atoms with Gasteiger partial charge in [0.15, 0.2) is 0 Å². The lowest BCUT2D eigenvalue weighted by molar-refractivity contribution is -0.154. The van der Waals surface area contributed by atoms with Gasteiger partial charge in [-0.1, -0.05) is 61.4 Å². The highest BCUT2D eigenvalue weighted by Crippen LogP contribution is 2.26. The lowest BCUT2D eigenvalue weighted by Gasteiger charge is -2.19. The standard InChI is InChI=1S/C28H34N2O3/c1-28(2,3)33-26(31)18-12-4-5-13-19-30-20-24(22-14-8-6-9-15-22)25(21-30)27(32)29-23-16-10-7-11-17-23/h6-11,14-17,20-21H,4-5,12-13,18-19H2,1-3H3,(H,29,32). The van der Waals surface area contributed by atoms with Gasteiger partial charge in [-0.3, -0.25) is 9.59 Å². The van der Waals surface area contributed by atoms with E-state index in [0.717, 1.165) is 49.0 Å². The average Bonchev–Trinajstić information content (AvgIpc) is 3.21. The molecule has 0 radical (unpaired) electrons. The van der Waals surface area contributed by atoms with Crippen molar-refractivity contribution in [1.29, 1.82) is 0 Å². The number of aromatic nitrogens is 1. The van der Waals surface area contributed by atoms with E-state index in [2.05, 4.69) is 16.1 Å². The van der Waals surface area contributed by atoms with Crippen LogP contribution in [-0.2, 0) is 16.1 Å². The minimum atomic E-state index is -0.424. The highest BCUT2D eigenvalue weighted by Gasteiger charge is 2.17. The van der Waals surface area contributed by atoms with Crippen molar-refractivity contribution < 1.29 is 14.3 Å². The molecule has 1 aromatic heterocycles. The molecule has 0 saturated carbocycles. The third-order valence-corrected chi connectivity index (χ3v) is 5.21. The molecule has 0 bridgehead atoms. The van der Waals surface area contributed by atoms with Crippen molar-refractivity contribution in [3.05, 3.63) is 78.6 Å². The fraction of sp³-hybridized carbons (Fsp3) is 0.357. The maximum atomic E-state index is 13.0.